The molecular weight excluding hydrogens is 368 g/mol. The van der Waals surface area contributed by atoms with E-state index >= 15 is 0 Å². The lowest BCUT2D eigenvalue weighted by Gasteiger charge is -2.12. The third-order valence-corrected chi connectivity index (χ3v) is 5.00. The summed E-state index contributed by atoms with van der Waals surface area (Å²) in [4.78, 5) is 30.6. The van der Waals surface area contributed by atoms with Crippen molar-refractivity contribution in [1.82, 2.24) is 18.7 Å². The molecule has 29 heavy (non-hydrogen) atoms. The maximum atomic E-state index is 13.1. The first-order valence-electron chi connectivity index (χ1n) is 9.44. The molecule has 2 aromatic heterocycles. The van der Waals surface area contributed by atoms with Gasteiger partial charge in [-0.1, -0.05) is 35.9 Å². The summed E-state index contributed by atoms with van der Waals surface area (Å²) in [6.07, 6.45) is 1.61. The molecule has 148 valence electrons. The van der Waals surface area contributed by atoms with Crippen molar-refractivity contribution in [2.24, 2.45) is 0 Å². The number of aryl methyl sites for hydroxylation is 1. The van der Waals surface area contributed by atoms with Gasteiger partial charge in [-0.05, 0) is 31.5 Å². The highest BCUT2D eigenvalue weighted by Crippen LogP contribution is 2.19. The molecule has 0 radical (unpaired) electrons. The third-order valence-electron chi connectivity index (χ3n) is 5.00. The predicted molar refractivity (Wildman–Crippen MR) is 112 cm³/mol. The number of rotatable bonds is 5. The van der Waals surface area contributed by atoms with Crippen LogP contribution in [0.5, 0.6) is 5.75 Å². The number of imidazole rings is 1. The van der Waals surface area contributed by atoms with Gasteiger partial charge >= 0.3 is 5.69 Å². The van der Waals surface area contributed by atoms with Gasteiger partial charge in [-0.15, -0.1) is 0 Å². The SMILES string of the molecule is CCn1c(=O)c2c(ncn2Cc2ccc(C)cc2)n(-c2cccc(OC)c2)c1=O. The predicted octanol–water partition coefficient (Wildman–Crippen LogP) is 2.73. The van der Waals surface area contributed by atoms with Crippen LogP contribution in [0.2, 0.25) is 0 Å². The first-order valence-corrected chi connectivity index (χ1v) is 9.44. The van der Waals surface area contributed by atoms with Crippen LogP contribution in [0, 0.1) is 6.92 Å². The highest BCUT2D eigenvalue weighted by atomic mass is 16.5. The van der Waals surface area contributed by atoms with E-state index in [2.05, 4.69) is 4.98 Å². The number of ether oxygens (including phenoxy) is 1. The van der Waals surface area contributed by atoms with Crippen molar-refractivity contribution in [3.8, 4) is 11.4 Å². The van der Waals surface area contributed by atoms with Crippen molar-refractivity contribution in [3.63, 3.8) is 0 Å². The number of aromatic nitrogens is 4. The molecular formula is C22H22N4O3. The van der Waals surface area contributed by atoms with E-state index in [4.69, 9.17) is 4.74 Å². The van der Waals surface area contributed by atoms with Crippen LogP contribution in [-0.2, 0) is 13.1 Å². The molecule has 0 aliphatic rings. The molecule has 0 unspecified atom stereocenters. The van der Waals surface area contributed by atoms with Crippen molar-refractivity contribution in [2.75, 3.05) is 7.11 Å². The van der Waals surface area contributed by atoms with Crippen molar-refractivity contribution in [3.05, 3.63) is 86.8 Å². The van der Waals surface area contributed by atoms with Crippen LogP contribution in [0.15, 0.2) is 64.4 Å². The zero-order chi connectivity index (χ0) is 20.5. The van der Waals surface area contributed by atoms with Gasteiger partial charge in [-0.2, -0.15) is 0 Å². The van der Waals surface area contributed by atoms with E-state index in [1.165, 1.54) is 14.7 Å². The number of nitrogens with zero attached hydrogens (tertiary/aromatic N) is 4. The molecule has 2 heterocycles. The fourth-order valence-corrected chi connectivity index (χ4v) is 3.45. The van der Waals surface area contributed by atoms with E-state index in [0.29, 0.717) is 29.1 Å². The van der Waals surface area contributed by atoms with Crippen molar-refractivity contribution in [2.45, 2.75) is 26.9 Å². The Bertz CT molecular complexity index is 1300. The number of hydrogen-bond acceptors (Lipinski definition) is 4. The summed E-state index contributed by atoms with van der Waals surface area (Å²) >= 11 is 0. The first-order chi connectivity index (χ1) is 14.0. The monoisotopic (exact) mass is 390 g/mol. The average Bonchev–Trinajstić information content (AvgIpc) is 3.13. The van der Waals surface area contributed by atoms with E-state index in [-0.39, 0.29) is 12.1 Å². The van der Waals surface area contributed by atoms with Gasteiger partial charge in [0.15, 0.2) is 11.2 Å². The Morgan fingerprint density at radius 3 is 2.52 bits per heavy atom. The van der Waals surface area contributed by atoms with Crippen molar-refractivity contribution in [1.29, 1.82) is 0 Å². The third kappa shape index (κ3) is 3.24. The molecule has 0 aliphatic carbocycles. The Morgan fingerprint density at radius 1 is 1.07 bits per heavy atom. The molecule has 4 aromatic rings. The number of methoxy groups -OCH3 is 1. The van der Waals surface area contributed by atoms with Crippen molar-refractivity contribution < 1.29 is 4.74 Å². The molecule has 0 spiro atoms. The van der Waals surface area contributed by atoms with Gasteiger partial charge in [-0.3, -0.25) is 9.36 Å². The van der Waals surface area contributed by atoms with Gasteiger partial charge in [0.05, 0.1) is 19.1 Å². The fourth-order valence-electron chi connectivity index (χ4n) is 3.45. The summed E-state index contributed by atoms with van der Waals surface area (Å²) in [6.45, 7) is 4.58. The molecule has 0 aliphatic heterocycles. The van der Waals surface area contributed by atoms with Crippen LogP contribution in [0.3, 0.4) is 0 Å². The van der Waals surface area contributed by atoms with Gasteiger partial charge in [0.25, 0.3) is 5.56 Å². The van der Waals surface area contributed by atoms with Crippen LogP contribution in [-0.4, -0.2) is 25.8 Å². The van der Waals surface area contributed by atoms with Gasteiger partial charge < -0.3 is 9.30 Å². The Hall–Kier alpha value is -3.61. The van der Waals surface area contributed by atoms with E-state index in [1.807, 2.05) is 31.2 Å². The summed E-state index contributed by atoms with van der Waals surface area (Å²) in [5.74, 6) is 0.621. The second kappa shape index (κ2) is 7.43. The second-order valence-corrected chi connectivity index (χ2v) is 6.90. The maximum absolute atomic E-state index is 13.1. The first kappa shape index (κ1) is 18.7. The number of hydrogen-bond donors (Lipinski definition) is 0. The van der Waals surface area contributed by atoms with Crippen LogP contribution in [0.25, 0.3) is 16.9 Å². The second-order valence-electron chi connectivity index (χ2n) is 6.90. The lowest BCUT2D eigenvalue weighted by atomic mass is 10.1. The lowest BCUT2D eigenvalue weighted by molar-refractivity contribution is 0.414. The summed E-state index contributed by atoms with van der Waals surface area (Å²) in [6, 6.07) is 15.3. The zero-order valence-electron chi connectivity index (χ0n) is 16.6. The van der Waals surface area contributed by atoms with E-state index in [9.17, 15) is 9.59 Å². The number of benzene rings is 2. The van der Waals surface area contributed by atoms with Gasteiger partial charge in [0, 0.05) is 19.2 Å². The Morgan fingerprint density at radius 2 is 1.83 bits per heavy atom. The summed E-state index contributed by atoms with van der Waals surface area (Å²) in [5, 5.41) is 0. The van der Waals surface area contributed by atoms with E-state index < -0.39 is 5.69 Å². The smallest absolute Gasteiger partial charge is 0.337 e. The fraction of sp³-hybridized carbons (Fsp3) is 0.227. The van der Waals surface area contributed by atoms with Gasteiger partial charge in [0.1, 0.15) is 5.75 Å². The minimum Gasteiger partial charge on any atom is -0.497 e. The minimum absolute atomic E-state index is 0.271. The standard InChI is InChI=1S/C22H22N4O3/c1-4-25-21(27)19-20(23-14-24(19)13-16-10-8-15(2)9-11-16)26(22(25)28)17-6-5-7-18(12-17)29-3/h5-12,14H,4,13H2,1-3H3. The van der Waals surface area contributed by atoms with Gasteiger partial charge in [-0.25, -0.2) is 14.3 Å². The number of fused-ring (bicyclic) bond motifs is 1. The Labute approximate surface area is 167 Å². The van der Waals surface area contributed by atoms with Crippen LogP contribution < -0.4 is 16.0 Å². The molecule has 4 rings (SSSR count). The molecule has 0 saturated carbocycles. The zero-order valence-corrected chi connectivity index (χ0v) is 16.6. The molecule has 2 aromatic carbocycles. The molecule has 0 atom stereocenters. The lowest BCUT2D eigenvalue weighted by Crippen LogP contribution is -2.39. The summed E-state index contributed by atoms with van der Waals surface area (Å²) in [7, 11) is 1.57. The molecule has 7 heteroatoms. The largest absolute Gasteiger partial charge is 0.497 e. The summed E-state index contributed by atoms with van der Waals surface area (Å²) < 4.78 is 9.79. The summed E-state index contributed by atoms with van der Waals surface area (Å²) in [5.41, 5.74) is 2.80. The molecule has 0 amide bonds. The van der Waals surface area contributed by atoms with Crippen LogP contribution >= 0.6 is 0 Å². The quantitative estimate of drug-likeness (QED) is 0.525. The average molecular weight is 390 g/mol. The maximum Gasteiger partial charge on any atom is 0.337 e. The minimum atomic E-state index is -0.418. The highest BCUT2D eigenvalue weighted by molar-refractivity contribution is 5.72. The van der Waals surface area contributed by atoms with Crippen LogP contribution in [0.1, 0.15) is 18.1 Å². The van der Waals surface area contributed by atoms with Crippen molar-refractivity contribution >= 4 is 11.2 Å². The molecule has 0 saturated heterocycles. The Balaban J connectivity index is 1.97. The van der Waals surface area contributed by atoms with E-state index in [0.717, 1.165) is 5.56 Å². The topological polar surface area (TPSA) is 71.1 Å². The van der Waals surface area contributed by atoms with Gasteiger partial charge in [0.2, 0.25) is 0 Å². The molecule has 0 fully saturated rings. The molecule has 0 bridgehead atoms. The highest BCUT2D eigenvalue weighted by Gasteiger charge is 2.19. The Kier molecular flexibility index (Phi) is 4.80. The normalized spacial score (nSPS) is 11.1. The molecule has 7 nitrogen and oxygen atoms in total. The molecule has 0 N–H and O–H groups in total. The van der Waals surface area contributed by atoms with E-state index in [1.54, 1.807) is 49.2 Å². The van der Waals surface area contributed by atoms with Crippen LogP contribution in [0.4, 0.5) is 0 Å².